The molecule has 0 bridgehead atoms. The first-order valence-electron chi connectivity index (χ1n) is 18.9. The van der Waals surface area contributed by atoms with Gasteiger partial charge in [0.25, 0.3) is 5.91 Å². The zero-order valence-corrected chi connectivity index (χ0v) is 18.8. The standard InChI is InChI=1S/C27H30FN3O5/c1-16-11-30(12-17(2)36-16)13-18-6-7-19(22(28)10-18)15-35-24-5-3-4-20-21(24)14-31(27(20)34)23-8-9-25(32)29-26(23)33/h3-7,10,16-17,23H,8-9,11-15H2,1-2H3,(H,29,32,33)/i8D2,9D2,11D2,12D2,13D2,14D2,15D2,16D,17D,23D. The van der Waals surface area contributed by atoms with Gasteiger partial charge >= 0.3 is 0 Å². The monoisotopic (exact) mass is 512 g/mol. The molecule has 5 rings (SSSR count). The average molecular weight is 513 g/mol. The quantitative estimate of drug-likeness (QED) is 0.599. The fraction of sp³-hybridized carbons (Fsp3) is 0.444. The van der Waals surface area contributed by atoms with E-state index in [1.54, 1.807) is 0 Å². The van der Waals surface area contributed by atoms with Crippen molar-refractivity contribution in [1.29, 1.82) is 0 Å². The van der Waals surface area contributed by atoms with Gasteiger partial charge in [-0.3, -0.25) is 24.6 Å². The van der Waals surface area contributed by atoms with Crippen molar-refractivity contribution in [1.82, 2.24) is 15.1 Å². The first kappa shape index (κ1) is 11.4. The molecule has 0 aliphatic carbocycles. The molecule has 3 aliphatic rings. The third-order valence-corrected chi connectivity index (χ3v) is 4.97. The summed E-state index contributed by atoms with van der Waals surface area (Å²) in [6, 6.07) is 0.875. The van der Waals surface area contributed by atoms with Crippen molar-refractivity contribution >= 4 is 17.7 Å². The number of halogens is 1. The van der Waals surface area contributed by atoms with E-state index in [-0.39, 0.29) is 9.80 Å². The third kappa shape index (κ3) is 4.99. The van der Waals surface area contributed by atoms with Crippen LogP contribution in [0, 0.1) is 5.82 Å². The van der Waals surface area contributed by atoms with Crippen LogP contribution in [0.2, 0.25) is 0 Å². The lowest BCUT2D eigenvalue weighted by Gasteiger charge is -2.35. The summed E-state index contributed by atoms with van der Waals surface area (Å²) < 4.78 is 169. The topological polar surface area (TPSA) is 88.2 Å². The zero-order valence-electron chi connectivity index (χ0n) is 35.8. The van der Waals surface area contributed by atoms with Crippen LogP contribution in [0.4, 0.5) is 4.39 Å². The maximum absolute atomic E-state index is 15.8. The molecule has 3 aliphatic heterocycles. The van der Waals surface area contributed by atoms with Gasteiger partial charge in [0.15, 0.2) is 0 Å². The van der Waals surface area contributed by atoms with E-state index >= 15 is 4.39 Å². The second-order valence-electron chi connectivity index (χ2n) is 7.60. The Hall–Kier alpha value is -3.30. The van der Waals surface area contributed by atoms with Crippen molar-refractivity contribution in [3.05, 3.63) is 64.5 Å². The number of carbonyl (C=O) groups is 3. The summed E-state index contributed by atoms with van der Waals surface area (Å²) in [6.45, 7) is -15.0. The van der Waals surface area contributed by atoms with E-state index in [1.807, 2.05) is 0 Å². The van der Waals surface area contributed by atoms with Gasteiger partial charge in [-0.1, -0.05) is 18.2 Å². The molecule has 3 amide bonds. The number of imide groups is 1. The fourth-order valence-electron chi connectivity index (χ4n) is 3.45. The van der Waals surface area contributed by atoms with Crippen LogP contribution < -0.4 is 10.1 Å². The van der Waals surface area contributed by atoms with E-state index in [0.29, 0.717) is 12.1 Å². The molecule has 1 N–H and O–H groups in total. The predicted molar refractivity (Wildman–Crippen MR) is 129 cm³/mol. The SMILES string of the molecule is [2H]C([2H])(Oc1cccc2c1C([2H])([2H])N(C1([2H])C(=O)NC(=O)C([2H])([2H])C1([2H])[2H])C2=O)c1ccc(C([2H])([2H])N2C([2H])([2H])C([2H])(C)OC([2H])(C)C2([2H])[2H])cc1F. The summed E-state index contributed by atoms with van der Waals surface area (Å²) in [5, 5.41) is 1.44. The van der Waals surface area contributed by atoms with Gasteiger partial charge in [0.2, 0.25) is 11.8 Å². The van der Waals surface area contributed by atoms with Gasteiger partial charge in [0.05, 0.1) is 28.3 Å². The Morgan fingerprint density at radius 2 is 2.00 bits per heavy atom. The Labute approximate surface area is 233 Å². The molecule has 0 radical (unpaired) electrons. The lowest BCUT2D eigenvalue weighted by molar-refractivity contribution is -0.136. The molecule has 3 unspecified atom stereocenters. The highest BCUT2D eigenvalue weighted by Crippen LogP contribution is 2.34. The first-order chi connectivity index (χ1) is 23.6. The summed E-state index contributed by atoms with van der Waals surface area (Å²) in [4.78, 5) is 38.4. The molecule has 36 heavy (non-hydrogen) atoms. The van der Waals surface area contributed by atoms with E-state index in [1.165, 1.54) is 5.32 Å². The number of carbonyl (C=O) groups excluding carboxylic acids is 3. The molecule has 2 saturated heterocycles. The Bertz CT molecular complexity index is 1920. The number of fused-ring (bicyclic) bond motifs is 1. The van der Waals surface area contributed by atoms with Gasteiger partial charge in [0.1, 0.15) is 24.1 Å². The van der Waals surface area contributed by atoms with Crippen LogP contribution in [0.15, 0.2) is 36.4 Å². The molecule has 3 heterocycles. The molecular formula is C27H30FN3O5. The van der Waals surface area contributed by atoms with Gasteiger partial charge in [-0.05, 0) is 44.0 Å². The molecule has 9 heteroatoms. The lowest BCUT2D eigenvalue weighted by Crippen LogP contribution is -2.52. The molecule has 3 atom stereocenters. The van der Waals surface area contributed by atoms with Crippen LogP contribution in [0.25, 0.3) is 0 Å². The van der Waals surface area contributed by atoms with E-state index in [9.17, 15) is 14.4 Å². The van der Waals surface area contributed by atoms with Crippen molar-refractivity contribution < 1.29 is 51.6 Å². The summed E-state index contributed by atoms with van der Waals surface area (Å²) >= 11 is 0. The van der Waals surface area contributed by atoms with Crippen LogP contribution in [-0.4, -0.2) is 58.7 Å². The van der Waals surface area contributed by atoms with Crippen molar-refractivity contribution in [3.8, 4) is 5.75 Å². The Morgan fingerprint density at radius 3 is 2.75 bits per heavy atom. The Kier molecular flexibility index (Phi) is 3.16. The van der Waals surface area contributed by atoms with Crippen molar-refractivity contribution in [2.45, 2.75) is 64.3 Å². The highest BCUT2D eigenvalue weighted by molar-refractivity contribution is 6.05. The number of piperidine rings is 1. The molecule has 190 valence electrons. The van der Waals surface area contributed by atoms with E-state index in [4.69, 9.17) is 32.8 Å². The Balaban J connectivity index is 1.55. The molecule has 2 fully saturated rings. The molecule has 2 aromatic rings. The lowest BCUT2D eigenvalue weighted by atomic mass is 10.0. The number of benzene rings is 2. The average Bonchev–Trinajstić information content (AvgIpc) is 3.18. The number of rotatable bonds is 6. The Morgan fingerprint density at radius 1 is 1.22 bits per heavy atom. The van der Waals surface area contributed by atoms with Crippen LogP contribution in [0.5, 0.6) is 5.75 Å². The second-order valence-corrected chi connectivity index (χ2v) is 7.60. The minimum absolute atomic E-state index is 0.0936. The van der Waals surface area contributed by atoms with Gasteiger partial charge in [0, 0.05) is 56.3 Å². The van der Waals surface area contributed by atoms with Gasteiger partial charge < -0.3 is 14.4 Å². The second kappa shape index (κ2) is 9.99. The number of morpholine rings is 1. The van der Waals surface area contributed by atoms with Crippen molar-refractivity contribution in [2.75, 3.05) is 13.0 Å². The number of nitrogens with zero attached hydrogens (tertiary/aromatic N) is 2. The van der Waals surface area contributed by atoms with Crippen molar-refractivity contribution in [3.63, 3.8) is 0 Å². The maximum Gasteiger partial charge on any atom is 0.255 e. The number of hydrogen-bond acceptors (Lipinski definition) is 6. The molecule has 2 aromatic carbocycles. The first-order valence-corrected chi connectivity index (χ1v) is 10.4. The summed E-state index contributed by atoms with van der Waals surface area (Å²) in [5.41, 5.74) is -3.37. The van der Waals surface area contributed by atoms with Gasteiger partial charge in [-0.2, -0.15) is 0 Å². The largest absolute Gasteiger partial charge is 0.488 e. The fourth-order valence-corrected chi connectivity index (χ4v) is 3.45. The summed E-state index contributed by atoms with van der Waals surface area (Å²) in [6.07, 6.45) is -13.0. The molecule has 0 aromatic heterocycles. The minimum atomic E-state index is -3.87. The summed E-state index contributed by atoms with van der Waals surface area (Å²) in [7, 11) is 0. The van der Waals surface area contributed by atoms with Crippen LogP contribution >= 0.6 is 0 Å². The number of ether oxygens (including phenoxy) is 2. The zero-order chi connectivity index (χ0) is 40.7. The predicted octanol–water partition coefficient (Wildman–Crippen LogP) is 2.77. The van der Waals surface area contributed by atoms with Crippen molar-refractivity contribution in [2.24, 2.45) is 0 Å². The number of amides is 3. The third-order valence-electron chi connectivity index (χ3n) is 4.97. The van der Waals surface area contributed by atoms with E-state index in [2.05, 4.69) is 0 Å². The molecule has 0 spiro atoms. The van der Waals surface area contributed by atoms with Crippen LogP contribution in [0.3, 0.4) is 0 Å². The minimum Gasteiger partial charge on any atom is -0.488 e. The normalized spacial score (nSPS) is 45.5. The smallest absolute Gasteiger partial charge is 0.255 e. The van der Waals surface area contributed by atoms with E-state index in [0.717, 1.165) is 38.1 Å². The van der Waals surface area contributed by atoms with Crippen LogP contribution in [0.1, 0.15) is 76.9 Å². The maximum atomic E-state index is 15.8. The summed E-state index contributed by atoms with van der Waals surface area (Å²) in [5.74, 6) is -7.63. The highest BCUT2D eigenvalue weighted by Gasteiger charge is 2.40. The molecular weight excluding hydrogens is 465 g/mol. The number of nitrogens with one attached hydrogen (secondary N) is 1. The van der Waals surface area contributed by atoms with E-state index < -0.39 is 115 Å². The highest BCUT2D eigenvalue weighted by atomic mass is 19.1. The van der Waals surface area contributed by atoms with Gasteiger partial charge in [-0.15, -0.1) is 0 Å². The van der Waals surface area contributed by atoms with Crippen LogP contribution in [-0.2, 0) is 33.9 Å². The number of hydrogen-bond donors (Lipinski definition) is 1. The molecule has 0 saturated carbocycles. The molecule has 8 nitrogen and oxygen atoms in total. The van der Waals surface area contributed by atoms with Gasteiger partial charge in [-0.25, -0.2) is 4.39 Å².